The second-order valence-corrected chi connectivity index (χ2v) is 14.4. The number of hydrogen-bond donors (Lipinski definition) is 0. The van der Waals surface area contributed by atoms with Crippen LogP contribution in [0.4, 0.5) is 0 Å². The van der Waals surface area contributed by atoms with Crippen molar-refractivity contribution >= 4 is 25.9 Å². The van der Waals surface area contributed by atoms with E-state index in [0.29, 0.717) is 29.4 Å². The van der Waals surface area contributed by atoms with Gasteiger partial charge in [-0.05, 0) is 12.8 Å². The normalized spacial score (nSPS) is 14.5. The summed E-state index contributed by atoms with van der Waals surface area (Å²) in [6, 6.07) is 8.19. The Morgan fingerprint density at radius 2 is 1.30 bits per heavy atom. The number of fused-ring (bicyclic) bond motifs is 1. The maximum absolute atomic E-state index is 12.7. The SMILES string of the molecule is C[Si](C)(C)CCCCCCCCCC1=C(C=O)C(=O)c2ccccc2C1=O. The van der Waals surface area contributed by atoms with Crippen molar-refractivity contribution in [1.82, 2.24) is 0 Å². The summed E-state index contributed by atoms with van der Waals surface area (Å²) in [5.74, 6) is -0.462. The summed E-state index contributed by atoms with van der Waals surface area (Å²) >= 11 is 0. The van der Waals surface area contributed by atoms with Crippen molar-refractivity contribution < 1.29 is 14.4 Å². The minimum absolute atomic E-state index is 0.0602. The van der Waals surface area contributed by atoms with Crippen LogP contribution in [0.1, 0.15) is 72.1 Å². The van der Waals surface area contributed by atoms with Crippen molar-refractivity contribution in [1.29, 1.82) is 0 Å². The molecule has 0 spiro atoms. The van der Waals surface area contributed by atoms with Gasteiger partial charge in [0.25, 0.3) is 0 Å². The Hall–Kier alpha value is -1.81. The maximum atomic E-state index is 12.7. The quantitative estimate of drug-likeness (QED) is 0.203. The lowest BCUT2D eigenvalue weighted by Gasteiger charge is -2.18. The summed E-state index contributed by atoms with van der Waals surface area (Å²) in [4.78, 5) is 36.6. The summed E-state index contributed by atoms with van der Waals surface area (Å²) in [6.07, 6.45) is 9.27. The third kappa shape index (κ3) is 6.10. The third-order valence-electron chi connectivity index (χ3n) is 5.23. The average Bonchev–Trinajstić information content (AvgIpc) is 2.63. The Morgan fingerprint density at radius 1 is 0.778 bits per heavy atom. The van der Waals surface area contributed by atoms with Crippen LogP contribution >= 0.6 is 0 Å². The first-order valence-electron chi connectivity index (χ1n) is 10.2. The first-order chi connectivity index (χ1) is 12.8. The predicted molar refractivity (Wildman–Crippen MR) is 113 cm³/mol. The largest absolute Gasteiger partial charge is 0.298 e. The number of benzene rings is 1. The standard InChI is InChI=1S/C23H32O3Si/c1-27(2,3)16-12-8-6-4-5-7-9-13-20-21(17-24)23(26)19-15-11-10-14-18(19)22(20)25/h10-11,14-15,17H,4-9,12-13,16H2,1-3H3. The number of unbranched alkanes of at least 4 members (excludes halogenated alkanes) is 6. The lowest BCUT2D eigenvalue weighted by atomic mass is 9.82. The van der Waals surface area contributed by atoms with Crippen molar-refractivity contribution in [2.45, 2.75) is 77.1 Å². The fraction of sp³-hybridized carbons (Fsp3) is 0.522. The molecule has 0 aromatic heterocycles. The molecule has 1 aliphatic rings. The van der Waals surface area contributed by atoms with E-state index in [4.69, 9.17) is 0 Å². The van der Waals surface area contributed by atoms with Crippen molar-refractivity contribution in [3.63, 3.8) is 0 Å². The molecule has 0 atom stereocenters. The molecule has 0 aliphatic heterocycles. The van der Waals surface area contributed by atoms with Gasteiger partial charge in [0.2, 0.25) is 0 Å². The van der Waals surface area contributed by atoms with Gasteiger partial charge in [0, 0.05) is 24.8 Å². The molecule has 0 saturated heterocycles. The number of carbonyl (C=O) groups is 3. The summed E-state index contributed by atoms with van der Waals surface area (Å²) < 4.78 is 0. The van der Waals surface area contributed by atoms with Gasteiger partial charge in [0.15, 0.2) is 17.9 Å². The van der Waals surface area contributed by atoms with E-state index in [1.165, 1.54) is 31.7 Å². The fourth-order valence-electron chi connectivity index (χ4n) is 3.66. The molecule has 1 aliphatic carbocycles. The maximum Gasteiger partial charge on any atom is 0.197 e. The van der Waals surface area contributed by atoms with Crippen molar-refractivity contribution in [3.05, 3.63) is 46.5 Å². The molecule has 0 radical (unpaired) electrons. The van der Waals surface area contributed by atoms with Gasteiger partial charge in [-0.25, -0.2) is 0 Å². The molecule has 4 heteroatoms. The molecule has 0 unspecified atom stereocenters. The highest BCUT2D eigenvalue weighted by atomic mass is 28.3. The van der Waals surface area contributed by atoms with E-state index in [0.717, 1.165) is 19.3 Å². The van der Waals surface area contributed by atoms with Crippen molar-refractivity contribution in [2.75, 3.05) is 0 Å². The number of aldehydes is 1. The van der Waals surface area contributed by atoms with Crippen LogP contribution in [0, 0.1) is 0 Å². The number of carbonyl (C=O) groups excluding carboxylic acids is 3. The molecule has 2 rings (SSSR count). The van der Waals surface area contributed by atoms with Gasteiger partial charge >= 0.3 is 0 Å². The van der Waals surface area contributed by atoms with Gasteiger partial charge in [0.1, 0.15) is 0 Å². The van der Waals surface area contributed by atoms with Crippen LogP contribution < -0.4 is 0 Å². The summed E-state index contributed by atoms with van der Waals surface area (Å²) in [7, 11) is -0.898. The zero-order chi connectivity index (χ0) is 19.9. The Bertz CT molecular complexity index is 725. The fourth-order valence-corrected chi connectivity index (χ4v) is 4.97. The van der Waals surface area contributed by atoms with Gasteiger partial charge in [0.05, 0.1) is 5.57 Å². The lowest BCUT2D eigenvalue weighted by molar-refractivity contribution is -0.104. The Labute approximate surface area is 164 Å². The molecule has 27 heavy (non-hydrogen) atoms. The van der Waals surface area contributed by atoms with Crippen LogP contribution in [-0.2, 0) is 4.79 Å². The molecule has 0 fully saturated rings. The zero-order valence-electron chi connectivity index (χ0n) is 17.0. The minimum Gasteiger partial charge on any atom is -0.298 e. The summed E-state index contributed by atoms with van der Waals surface area (Å²) in [6.45, 7) is 7.26. The monoisotopic (exact) mass is 384 g/mol. The Morgan fingerprint density at radius 3 is 1.85 bits per heavy atom. The number of hydrogen-bond acceptors (Lipinski definition) is 3. The van der Waals surface area contributed by atoms with Gasteiger partial charge in [-0.15, -0.1) is 0 Å². The van der Waals surface area contributed by atoms with Crippen LogP contribution in [0.2, 0.25) is 25.7 Å². The average molecular weight is 385 g/mol. The van der Waals surface area contributed by atoms with E-state index < -0.39 is 8.07 Å². The molecule has 0 amide bonds. The zero-order valence-corrected chi connectivity index (χ0v) is 18.0. The summed E-state index contributed by atoms with van der Waals surface area (Å²) in [5, 5.41) is 0. The molecule has 0 bridgehead atoms. The van der Waals surface area contributed by atoms with Gasteiger partial charge in [-0.1, -0.05) is 88.5 Å². The van der Waals surface area contributed by atoms with Crippen LogP contribution in [0.25, 0.3) is 0 Å². The molecular weight excluding hydrogens is 352 g/mol. The van der Waals surface area contributed by atoms with E-state index in [1.807, 2.05) is 0 Å². The van der Waals surface area contributed by atoms with E-state index in [2.05, 4.69) is 19.6 Å². The number of rotatable bonds is 11. The van der Waals surface area contributed by atoms with Gasteiger partial charge < -0.3 is 0 Å². The Kier molecular flexibility index (Phi) is 7.90. The topological polar surface area (TPSA) is 51.2 Å². The highest BCUT2D eigenvalue weighted by molar-refractivity contribution is 6.76. The van der Waals surface area contributed by atoms with Crippen molar-refractivity contribution in [2.24, 2.45) is 0 Å². The van der Waals surface area contributed by atoms with Crippen LogP contribution in [-0.4, -0.2) is 25.9 Å². The van der Waals surface area contributed by atoms with Crippen LogP contribution in [0.5, 0.6) is 0 Å². The third-order valence-corrected chi connectivity index (χ3v) is 7.09. The summed E-state index contributed by atoms with van der Waals surface area (Å²) in [5.41, 5.74) is 1.26. The lowest BCUT2D eigenvalue weighted by Crippen LogP contribution is -2.22. The first-order valence-corrected chi connectivity index (χ1v) is 13.9. The molecule has 1 aromatic rings. The molecule has 146 valence electrons. The first kappa shape index (κ1) is 21.5. The van der Waals surface area contributed by atoms with Gasteiger partial charge in [-0.3, -0.25) is 14.4 Å². The highest BCUT2D eigenvalue weighted by Gasteiger charge is 2.31. The van der Waals surface area contributed by atoms with Crippen LogP contribution in [0.3, 0.4) is 0 Å². The second-order valence-electron chi connectivity index (χ2n) is 8.75. The molecule has 0 saturated carbocycles. The molecular formula is C23H32O3Si. The molecule has 0 heterocycles. The number of ketones is 2. The number of allylic oxidation sites excluding steroid dienone is 2. The molecule has 0 N–H and O–H groups in total. The Balaban J connectivity index is 1.77. The predicted octanol–water partition coefficient (Wildman–Crippen LogP) is 6.02. The minimum atomic E-state index is -0.898. The van der Waals surface area contributed by atoms with E-state index in [-0.39, 0.29) is 17.1 Å². The number of Topliss-reactive ketones (excluding diaryl/α,β-unsaturated/α-hetero) is 2. The van der Waals surface area contributed by atoms with E-state index >= 15 is 0 Å². The second kappa shape index (κ2) is 9.93. The molecule has 1 aromatic carbocycles. The van der Waals surface area contributed by atoms with Gasteiger partial charge in [-0.2, -0.15) is 0 Å². The van der Waals surface area contributed by atoms with E-state index in [1.54, 1.807) is 24.3 Å². The van der Waals surface area contributed by atoms with E-state index in [9.17, 15) is 14.4 Å². The van der Waals surface area contributed by atoms with Crippen LogP contribution in [0.15, 0.2) is 35.4 Å². The smallest absolute Gasteiger partial charge is 0.197 e. The highest BCUT2D eigenvalue weighted by Crippen LogP contribution is 2.28. The molecule has 3 nitrogen and oxygen atoms in total. The van der Waals surface area contributed by atoms with Crippen molar-refractivity contribution in [3.8, 4) is 0 Å².